The molecule has 8 heteroatoms. The van der Waals surface area contributed by atoms with Crippen molar-refractivity contribution in [3.63, 3.8) is 0 Å². The molecular formula is C19H19Cl2FN2O3. The van der Waals surface area contributed by atoms with E-state index in [1.807, 2.05) is 0 Å². The zero-order valence-electron chi connectivity index (χ0n) is 15.1. The average Bonchev–Trinajstić information content (AvgIpc) is 2.64. The summed E-state index contributed by atoms with van der Waals surface area (Å²) in [6.07, 6.45) is 0. The van der Waals surface area contributed by atoms with E-state index in [9.17, 15) is 14.0 Å². The number of nitrogens with one attached hydrogen (secondary N) is 1. The number of hydrogen-bond acceptors (Lipinski definition) is 3. The maximum Gasteiger partial charge on any atom is 0.337 e. The summed E-state index contributed by atoms with van der Waals surface area (Å²) in [6.45, 7) is 2.02. The minimum atomic E-state index is -0.601. The number of rotatable bonds is 5. The summed E-state index contributed by atoms with van der Waals surface area (Å²) < 4.78 is 18.3. The molecule has 0 aliphatic rings. The number of methoxy groups -OCH3 is 1. The van der Waals surface area contributed by atoms with Gasteiger partial charge >= 0.3 is 12.0 Å². The Morgan fingerprint density at radius 1 is 1.19 bits per heavy atom. The highest BCUT2D eigenvalue weighted by atomic mass is 35.5. The predicted molar refractivity (Wildman–Crippen MR) is 103 cm³/mol. The van der Waals surface area contributed by atoms with E-state index in [0.717, 1.165) is 5.56 Å². The predicted octanol–water partition coefficient (Wildman–Crippen LogP) is 4.82. The number of benzene rings is 2. The van der Waals surface area contributed by atoms with E-state index in [4.69, 9.17) is 23.2 Å². The quantitative estimate of drug-likeness (QED) is 0.565. The van der Waals surface area contributed by atoms with Crippen LogP contribution in [0.15, 0.2) is 36.4 Å². The number of ether oxygens (including phenoxy) is 1. The smallest absolute Gasteiger partial charge is 0.337 e. The van der Waals surface area contributed by atoms with Gasteiger partial charge in [-0.3, -0.25) is 0 Å². The van der Waals surface area contributed by atoms with Crippen molar-refractivity contribution >= 4 is 35.2 Å². The fourth-order valence-corrected chi connectivity index (χ4v) is 3.00. The van der Waals surface area contributed by atoms with Crippen LogP contribution in [0.25, 0.3) is 0 Å². The van der Waals surface area contributed by atoms with Gasteiger partial charge in [-0.05, 0) is 42.3 Å². The average molecular weight is 413 g/mol. The molecule has 1 unspecified atom stereocenters. The van der Waals surface area contributed by atoms with Crippen molar-refractivity contribution < 1.29 is 18.7 Å². The molecule has 0 radical (unpaired) electrons. The van der Waals surface area contributed by atoms with Crippen LogP contribution in [-0.2, 0) is 11.3 Å². The first-order valence-electron chi connectivity index (χ1n) is 8.06. The van der Waals surface area contributed by atoms with E-state index in [1.165, 1.54) is 24.1 Å². The zero-order chi connectivity index (χ0) is 20.1. The highest BCUT2D eigenvalue weighted by molar-refractivity contribution is 6.35. The van der Waals surface area contributed by atoms with Crippen molar-refractivity contribution in [3.05, 3.63) is 69.0 Å². The van der Waals surface area contributed by atoms with Crippen LogP contribution >= 0.6 is 23.2 Å². The Hall–Kier alpha value is -2.31. The third kappa shape index (κ3) is 5.34. The van der Waals surface area contributed by atoms with Gasteiger partial charge in [-0.2, -0.15) is 0 Å². The number of amides is 2. The van der Waals surface area contributed by atoms with Crippen molar-refractivity contribution in [2.24, 2.45) is 0 Å². The number of halogens is 3. The molecule has 0 spiro atoms. The lowest BCUT2D eigenvalue weighted by molar-refractivity contribution is 0.0600. The van der Waals surface area contributed by atoms with Gasteiger partial charge in [-0.15, -0.1) is 0 Å². The zero-order valence-corrected chi connectivity index (χ0v) is 16.6. The second-order valence-electron chi connectivity index (χ2n) is 6.00. The van der Waals surface area contributed by atoms with E-state index < -0.39 is 17.8 Å². The molecule has 0 saturated carbocycles. The third-order valence-corrected chi connectivity index (χ3v) is 4.60. The van der Waals surface area contributed by atoms with Crippen molar-refractivity contribution in [2.75, 3.05) is 14.2 Å². The fourth-order valence-electron chi connectivity index (χ4n) is 2.45. The molecule has 2 amide bonds. The maximum atomic E-state index is 13.7. The van der Waals surface area contributed by atoms with E-state index in [0.29, 0.717) is 17.7 Å². The molecule has 5 nitrogen and oxygen atoms in total. The van der Waals surface area contributed by atoms with Gasteiger partial charge < -0.3 is 15.0 Å². The Morgan fingerprint density at radius 2 is 1.81 bits per heavy atom. The summed E-state index contributed by atoms with van der Waals surface area (Å²) in [7, 11) is 2.94. The van der Waals surface area contributed by atoms with Crippen LogP contribution in [0, 0.1) is 5.82 Å². The van der Waals surface area contributed by atoms with Gasteiger partial charge in [0.15, 0.2) is 0 Å². The van der Waals surface area contributed by atoms with Gasteiger partial charge in [-0.1, -0.05) is 35.3 Å². The van der Waals surface area contributed by atoms with Gasteiger partial charge in [0.25, 0.3) is 0 Å². The fraction of sp³-hybridized carbons (Fsp3) is 0.263. The van der Waals surface area contributed by atoms with Crippen molar-refractivity contribution in [1.29, 1.82) is 0 Å². The lowest BCUT2D eigenvalue weighted by Gasteiger charge is -2.22. The summed E-state index contributed by atoms with van der Waals surface area (Å²) >= 11 is 11.8. The molecular weight excluding hydrogens is 394 g/mol. The number of nitrogens with zero attached hydrogens (tertiary/aromatic N) is 1. The van der Waals surface area contributed by atoms with Gasteiger partial charge in [0, 0.05) is 18.6 Å². The second kappa shape index (κ2) is 9.06. The summed E-state index contributed by atoms with van der Waals surface area (Å²) in [6, 6.07) is 8.39. The summed E-state index contributed by atoms with van der Waals surface area (Å²) in [5.74, 6) is -1.02. The first kappa shape index (κ1) is 21.0. The van der Waals surface area contributed by atoms with Crippen LogP contribution in [-0.4, -0.2) is 31.1 Å². The Labute approximate surface area is 167 Å². The van der Waals surface area contributed by atoms with Gasteiger partial charge in [-0.25, -0.2) is 14.0 Å². The second-order valence-corrected chi connectivity index (χ2v) is 6.82. The number of urea groups is 1. The molecule has 0 fully saturated rings. The Morgan fingerprint density at radius 3 is 2.41 bits per heavy atom. The number of carbonyl (C=O) groups excluding carboxylic acids is 2. The number of carbonyl (C=O) groups is 2. The minimum Gasteiger partial charge on any atom is -0.465 e. The first-order chi connectivity index (χ1) is 12.7. The number of esters is 1. The lowest BCUT2D eigenvalue weighted by Crippen LogP contribution is -2.38. The van der Waals surface area contributed by atoms with Crippen molar-refractivity contribution in [1.82, 2.24) is 10.2 Å². The molecule has 2 rings (SSSR count). The SMILES string of the molecule is COC(=O)c1ccc(CN(C)C(=O)NC(C)c2cc(F)c(Cl)cc2Cl)cc1. The largest absolute Gasteiger partial charge is 0.465 e. The van der Waals surface area contributed by atoms with Crippen LogP contribution in [0.4, 0.5) is 9.18 Å². The molecule has 0 bridgehead atoms. The van der Waals surface area contributed by atoms with Gasteiger partial charge in [0.2, 0.25) is 0 Å². The molecule has 0 aliphatic heterocycles. The van der Waals surface area contributed by atoms with Gasteiger partial charge in [0.1, 0.15) is 5.82 Å². The molecule has 2 aromatic carbocycles. The van der Waals surface area contributed by atoms with E-state index >= 15 is 0 Å². The standard InChI is InChI=1S/C19H19Cl2FN2O3/c1-11(14-8-17(22)16(21)9-15(14)20)23-19(26)24(2)10-12-4-6-13(7-5-12)18(25)27-3/h4-9,11H,10H2,1-3H3,(H,23,26). The van der Waals surface area contributed by atoms with E-state index in [-0.39, 0.29) is 16.1 Å². The first-order valence-corrected chi connectivity index (χ1v) is 8.81. The minimum absolute atomic E-state index is 0.0743. The Bertz CT molecular complexity index is 844. The lowest BCUT2D eigenvalue weighted by atomic mass is 10.1. The van der Waals surface area contributed by atoms with Gasteiger partial charge in [0.05, 0.1) is 23.7 Å². The topological polar surface area (TPSA) is 58.6 Å². The normalized spacial score (nSPS) is 11.6. The molecule has 1 atom stereocenters. The van der Waals surface area contributed by atoms with Crippen LogP contribution in [0.2, 0.25) is 10.0 Å². The van der Waals surface area contributed by atoms with E-state index in [1.54, 1.807) is 38.2 Å². The molecule has 2 aromatic rings. The highest BCUT2D eigenvalue weighted by Crippen LogP contribution is 2.28. The summed E-state index contributed by atoms with van der Waals surface area (Å²) in [4.78, 5) is 25.3. The Balaban J connectivity index is 2.01. The molecule has 1 N–H and O–H groups in total. The van der Waals surface area contributed by atoms with E-state index in [2.05, 4.69) is 10.1 Å². The maximum absolute atomic E-state index is 13.7. The molecule has 0 aromatic heterocycles. The monoisotopic (exact) mass is 412 g/mol. The van der Waals surface area contributed by atoms with Crippen LogP contribution in [0.5, 0.6) is 0 Å². The van der Waals surface area contributed by atoms with Crippen LogP contribution in [0.1, 0.15) is 34.5 Å². The molecule has 144 valence electrons. The van der Waals surface area contributed by atoms with Crippen LogP contribution < -0.4 is 5.32 Å². The molecule has 27 heavy (non-hydrogen) atoms. The van der Waals surface area contributed by atoms with Crippen LogP contribution in [0.3, 0.4) is 0 Å². The summed E-state index contributed by atoms with van der Waals surface area (Å²) in [5, 5.41) is 2.96. The Kier molecular flexibility index (Phi) is 7.05. The highest BCUT2D eigenvalue weighted by Gasteiger charge is 2.18. The molecule has 0 heterocycles. The molecule has 0 aliphatic carbocycles. The van der Waals surface area contributed by atoms with Crippen molar-refractivity contribution in [2.45, 2.75) is 19.5 Å². The number of hydrogen-bond donors (Lipinski definition) is 1. The summed E-state index contributed by atoms with van der Waals surface area (Å²) in [5.41, 5.74) is 1.70. The third-order valence-electron chi connectivity index (χ3n) is 3.99. The van der Waals surface area contributed by atoms with Crippen molar-refractivity contribution in [3.8, 4) is 0 Å². The molecule has 0 saturated heterocycles.